The molecule has 0 spiro atoms. The summed E-state index contributed by atoms with van der Waals surface area (Å²) in [6.07, 6.45) is 5.69. The Balaban J connectivity index is 1.66. The first-order chi connectivity index (χ1) is 7.74. The summed E-state index contributed by atoms with van der Waals surface area (Å²) >= 11 is 0. The predicted octanol–water partition coefficient (Wildman–Crippen LogP) is 0.286. The summed E-state index contributed by atoms with van der Waals surface area (Å²) in [5.74, 6) is 1.13. The zero-order valence-electron chi connectivity index (χ0n) is 9.41. The molecule has 1 aromatic rings. The number of hydrogen-bond donors (Lipinski definition) is 1. The standard InChI is InChI=1S/C11H17N3O2/c1-14-11(12-6-13-14)5-9(15)8-4-7-2-3-10(8)16-7/h6-10,15H,2-5H2,1H3. The Morgan fingerprint density at radius 3 is 3.06 bits per heavy atom. The second kappa shape index (κ2) is 3.82. The molecule has 88 valence electrons. The average Bonchev–Trinajstić information content (AvgIpc) is 2.95. The van der Waals surface area contributed by atoms with E-state index >= 15 is 0 Å². The van der Waals surface area contributed by atoms with Crippen LogP contribution in [0.5, 0.6) is 0 Å². The highest BCUT2D eigenvalue weighted by Crippen LogP contribution is 2.40. The maximum absolute atomic E-state index is 10.2. The monoisotopic (exact) mass is 223 g/mol. The van der Waals surface area contributed by atoms with E-state index < -0.39 is 0 Å². The molecule has 4 unspecified atom stereocenters. The van der Waals surface area contributed by atoms with Crippen molar-refractivity contribution in [1.82, 2.24) is 14.8 Å². The van der Waals surface area contributed by atoms with Gasteiger partial charge in [-0.05, 0) is 19.3 Å². The van der Waals surface area contributed by atoms with Crippen LogP contribution in [0.4, 0.5) is 0 Å². The molecule has 0 saturated carbocycles. The SMILES string of the molecule is Cn1ncnc1CC(O)C1CC2CCC1O2. The molecule has 0 aliphatic carbocycles. The lowest BCUT2D eigenvalue weighted by atomic mass is 9.84. The lowest BCUT2D eigenvalue weighted by Crippen LogP contribution is -2.31. The Morgan fingerprint density at radius 2 is 2.50 bits per heavy atom. The van der Waals surface area contributed by atoms with Gasteiger partial charge >= 0.3 is 0 Å². The fourth-order valence-corrected chi connectivity index (χ4v) is 2.93. The predicted molar refractivity (Wildman–Crippen MR) is 56.7 cm³/mol. The van der Waals surface area contributed by atoms with E-state index in [-0.39, 0.29) is 18.1 Å². The molecular weight excluding hydrogens is 206 g/mol. The molecule has 3 rings (SSSR count). The number of ether oxygens (including phenoxy) is 1. The van der Waals surface area contributed by atoms with Gasteiger partial charge in [-0.25, -0.2) is 4.98 Å². The lowest BCUT2D eigenvalue weighted by molar-refractivity contribution is 0.0419. The van der Waals surface area contributed by atoms with E-state index in [2.05, 4.69) is 10.1 Å². The number of fused-ring (bicyclic) bond motifs is 2. The van der Waals surface area contributed by atoms with E-state index in [0.717, 1.165) is 25.1 Å². The molecule has 4 atom stereocenters. The molecule has 2 aliphatic rings. The molecule has 1 aromatic heterocycles. The van der Waals surface area contributed by atoms with Gasteiger partial charge in [-0.3, -0.25) is 4.68 Å². The maximum atomic E-state index is 10.2. The minimum atomic E-state index is -0.349. The van der Waals surface area contributed by atoms with Gasteiger partial charge in [0.15, 0.2) is 0 Å². The van der Waals surface area contributed by atoms with Gasteiger partial charge in [0.05, 0.1) is 18.3 Å². The summed E-state index contributed by atoms with van der Waals surface area (Å²) in [4.78, 5) is 4.14. The van der Waals surface area contributed by atoms with Crippen molar-refractivity contribution in [3.05, 3.63) is 12.2 Å². The molecule has 2 fully saturated rings. The van der Waals surface area contributed by atoms with E-state index in [1.54, 1.807) is 4.68 Å². The third kappa shape index (κ3) is 1.64. The fraction of sp³-hybridized carbons (Fsp3) is 0.818. The molecule has 5 heteroatoms. The highest BCUT2D eigenvalue weighted by atomic mass is 16.5. The van der Waals surface area contributed by atoms with Crippen LogP contribution in [0.1, 0.15) is 25.1 Å². The van der Waals surface area contributed by atoms with E-state index in [0.29, 0.717) is 12.5 Å². The summed E-state index contributed by atoms with van der Waals surface area (Å²) in [5.41, 5.74) is 0. The molecule has 1 N–H and O–H groups in total. The third-order valence-corrected chi connectivity index (χ3v) is 3.84. The zero-order valence-corrected chi connectivity index (χ0v) is 9.41. The van der Waals surface area contributed by atoms with Crippen LogP contribution in [0.15, 0.2) is 6.33 Å². The number of aliphatic hydroxyl groups excluding tert-OH is 1. The lowest BCUT2D eigenvalue weighted by Gasteiger charge is -2.23. The number of nitrogens with zero attached hydrogens (tertiary/aromatic N) is 3. The number of aryl methyl sites for hydroxylation is 1. The Bertz CT molecular complexity index is 379. The van der Waals surface area contributed by atoms with Crippen LogP contribution in [0.3, 0.4) is 0 Å². The first-order valence-electron chi connectivity index (χ1n) is 5.90. The largest absolute Gasteiger partial charge is 0.392 e. The van der Waals surface area contributed by atoms with Gasteiger partial charge in [0, 0.05) is 19.4 Å². The smallest absolute Gasteiger partial charge is 0.138 e. The Hall–Kier alpha value is -0.940. The summed E-state index contributed by atoms with van der Waals surface area (Å²) in [7, 11) is 1.85. The maximum Gasteiger partial charge on any atom is 0.138 e. The van der Waals surface area contributed by atoms with Gasteiger partial charge in [-0.2, -0.15) is 5.10 Å². The highest BCUT2D eigenvalue weighted by Gasteiger charge is 2.44. The van der Waals surface area contributed by atoms with Gasteiger partial charge in [-0.1, -0.05) is 0 Å². The van der Waals surface area contributed by atoms with Crippen molar-refractivity contribution in [2.75, 3.05) is 0 Å². The molecule has 2 saturated heterocycles. The third-order valence-electron chi connectivity index (χ3n) is 3.84. The van der Waals surface area contributed by atoms with E-state index in [4.69, 9.17) is 4.74 Å². The van der Waals surface area contributed by atoms with Crippen molar-refractivity contribution in [3.8, 4) is 0 Å². The average molecular weight is 223 g/mol. The van der Waals surface area contributed by atoms with Crippen LogP contribution in [0, 0.1) is 5.92 Å². The molecule has 0 aromatic carbocycles. The molecule has 2 aliphatic heterocycles. The molecule has 0 radical (unpaired) electrons. The zero-order chi connectivity index (χ0) is 11.1. The molecular formula is C11H17N3O2. The first kappa shape index (κ1) is 10.2. The van der Waals surface area contributed by atoms with Gasteiger partial charge in [0.1, 0.15) is 12.2 Å². The van der Waals surface area contributed by atoms with E-state index in [1.165, 1.54) is 6.33 Å². The van der Waals surface area contributed by atoms with Crippen molar-refractivity contribution in [2.24, 2.45) is 13.0 Å². The Labute approximate surface area is 94.4 Å². The molecule has 3 heterocycles. The van der Waals surface area contributed by atoms with Crippen LogP contribution in [-0.4, -0.2) is 38.2 Å². The van der Waals surface area contributed by atoms with Crippen molar-refractivity contribution in [2.45, 2.75) is 44.0 Å². The van der Waals surface area contributed by atoms with Crippen molar-refractivity contribution < 1.29 is 9.84 Å². The molecule has 16 heavy (non-hydrogen) atoms. The molecule has 2 bridgehead atoms. The number of aliphatic hydroxyl groups is 1. The fourth-order valence-electron chi connectivity index (χ4n) is 2.93. The topological polar surface area (TPSA) is 60.2 Å². The second-order valence-electron chi connectivity index (χ2n) is 4.84. The normalized spacial score (nSPS) is 34.5. The van der Waals surface area contributed by atoms with Crippen molar-refractivity contribution >= 4 is 0 Å². The summed E-state index contributed by atoms with van der Waals surface area (Å²) in [6.45, 7) is 0. The molecule has 5 nitrogen and oxygen atoms in total. The van der Waals surface area contributed by atoms with Gasteiger partial charge in [0.2, 0.25) is 0 Å². The van der Waals surface area contributed by atoms with Crippen molar-refractivity contribution in [3.63, 3.8) is 0 Å². The van der Waals surface area contributed by atoms with Gasteiger partial charge in [-0.15, -0.1) is 0 Å². The van der Waals surface area contributed by atoms with Gasteiger partial charge in [0.25, 0.3) is 0 Å². The Kier molecular flexibility index (Phi) is 2.44. The quantitative estimate of drug-likeness (QED) is 0.800. The van der Waals surface area contributed by atoms with E-state index in [1.807, 2.05) is 7.05 Å². The first-order valence-corrected chi connectivity index (χ1v) is 5.90. The molecule has 0 amide bonds. The number of aromatic nitrogens is 3. The number of hydrogen-bond acceptors (Lipinski definition) is 4. The summed E-state index contributed by atoms with van der Waals surface area (Å²) in [5, 5.41) is 14.2. The minimum Gasteiger partial charge on any atom is -0.392 e. The number of rotatable bonds is 3. The van der Waals surface area contributed by atoms with Crippen LogP contribution in [0.2, 0.25) is 0 Å². The Morgan fingerprint density at radius 1 is 1.62 bits per heavy atom. The summed E-state index contributed by atoms with van der Waals surface area (Å²) < 4.78 is 7.47. The van der Waals surface area contributed by atoms with Crippen LogP contribution < -0.4 is 0 Å². The van der Waals surface area contributed by atoms with Crippen LogP contribution in [0.25, 0.3) is 0 Å². The van der Waals surface area contributed by atoms with Crippen molar-refractivity contribution in [1.29, 1.82) is 0 Å². The van der Waals surface area contributed by atoms with E-state index in [9.17, 15) is 5.11 Å². The van der Waals surface area contributed by atoms with Crippen LogP contribution >= 0.6 is 0 Å². The highest BCUT2D eigenvalue weighted by molar-refractivity contribution is 4.96. The second-order valence-corrected chi connectivity index (χ2v) is 4.84. The van der Waals surface area contributed by atoms with Gasteiger partial charge < -0.3 is 9.84 Å². The van der Waals surface area contributed by atoms with Crippen LogP contribution in [-0.2, 0) is 18.2 Å². The minimum absolute atomic E-state index is 0.272. The summed E-state index contributed by atoms with van der Waals surface area (Å²) in [6, 6.07) is 0.